The van der Waals surface area contributed by atoms with E-state index in [0.717, 1.165) is 5.56 Å². The highest BCUT2D eigenvalue weighted by atomic mass is 16.6. The van der Waals surface area contributed by atoms with Crippen molar-refractivity contribution in [1.82, 2.24) is 10.2 Å². The lowest BCUT2D eigenvalue weighted by atomic mass is 10.0. The number of aliphatic carboxylic acids is 1. The van der Waals surface area contributed by atoms with Crippen LogP contribution in [0.5, 0.6) is 0 Å². The number of morpholine rings is 1. The first-order valence-electron chi connectivity index (χ1n) is 9.49. The minimum atomic E-state index is -0.887. The fraction of sp³-hybridized carbons (Fsp3) is 0.600. The van der Waals surface area contributed by atoms with Crippen LogP contribution in [0, 0.1) is 5.92 Å². The number of nitrogens with one attached hydrogen (secondary N) is 1. The normalized spacial score (nSPS) is 16.8. The predicted octanol–water partition coefficient (Wildman–Crippen LogP) is 2.16. The minimum Gasteiger partial charge on any atom is -0.480 e. The predicted molar refractivity (Wildman–Crippen MR) is 102 cm³/mol. The monoisotopic (exact) mass is 378 g/mol. The molecule has 2 rings (SSSR count). The van der Waals surface area contributed by atoms with E-state index in [2.05, 4.69) is 5.32 Å². The van der Waals surface area contributed by atoms with E-state index in [1.54, 1.807) is 4.90 Å². The Kier molecular flexibility index (Phi) is 8.54. The number of carbonyl (C=O) groups is 2. The first kappa shape index (κ1) is 21.2. The van der Waals surface area contributed by atoms with E-state index in [1.165, 1.54) is 0 Å². The molecule has 1 aliphatic heterocycles. The van der Waals surface area contributed by atoms with E-state index in [1.807, 2.05) is 44.2 Å². The van der Waals surface area contributed by atoms with Gasteiger partial charge in [-0.05, 0) is 17.9 Å². The number of carbonyl (C=O) groups excluding carboxylic acids is 1. The number of ether oxygens (including phenoxy) is 2. The van der Waals surface area contributed by atoms with E-state index in [4.69, 9.17) is 9.47 Å². The van der Waals surface area contributed by atoms with Gasteiger partial charge in [0.25, 0.3) is 0 Å². The largest absolute Gasteiger partial charge is 0.480 e. The molecule has 0 saturated carbocycles. The lowest BCUT2D eigenvalue weighted by Crippen LogP contribution is -2.46. The standard InChI is InChI=1S/C20H30N2O5/c1-15(2)12-18(19(23)24)21-14-17(13-16-6-4-3-5-7-16)27-20(25)22-8-10-26-11-9-22/h3-7,15,17-18,21H,8-14H2,1-2H3,(H,23,24)/t17?,18-/m0/s1. The summed E-state index contributed by atoms with van der Waals surface area (Å²) < 4.78 is 11.0. The lowest BCUT2D eigenvalue weighted by Gasteiger charge is -2.29. The zero-order valence-corrected chi connectivity index (χ0v) is 16.1. The Bertz CT molecular complexity index is 587. The third-order valence-corrected chi connectivity index (χ3v) is 4.44. The Labute approximate surface area is 160 Å². The van der Waals surface area contributed by atoms with Crippen LogP contribution in [0.25, 0.3) is 0 Å². The summed E-state index contributed by atoms with van der Waals surface area (Å²) in [6, 6.07) is 9.08. The van der Waals surface area contributed by atoms with E-state index < -0.39 is 18.1 Å². The van der Waals surface area contributed by atoms with Crippen LogP contribution in [-0.2, 0) is 20.7 Å². The molecule has 0 bridgehead atoms. The van der Waals surface area contributed by atoms with Crippen molar-refractivity contribution in [1.29, 1.82) is 0 Å². The molecule has 150 valence electrons. The van der Waals surface area contributed by atoms with Crippen LogP contribution >= 0.6 is 0 Å². The molecule has 1 amide bonds. The summed E-state index contributed by atoms with van der Waals surface area (Å²) in [5.74, 6) is -0.635. The molecule has 7 nitrogen and oxygen atoms in total. The van der Waals surface area contributed by atoms with Crippen molar-refractivity contribution >= 4 is 12.1 Å². The Hall–Kier alpha value is -2.12. The van der Waals surface area contributed by atoms with Gasteiger partial charge in [0.15, 0.2) is 0 Å². The molecule has 7 heteroatoms. The summed E-state index contributed by atoms with van der Waals surface area (Å²) in [4.78, 5) is 25.6. The van der Waals surface area contributed by atoms with Gasteiger partial charge < -0.3 is 24.8 Å². The van der Waals surface area contributed by atoms with Gasteiger partial charge in [0.2, 0.25) is 0 Å². The topological polar surface area (TPSA) is 88.1 Å². The van der Waals surface area contributed by atoms with E-state index in [-0.39, 0.29) is 18.6 Å². The molecular formula is C20H30N2O5. The molecule has 0 aromatic heterocycles. The number of hydrogen-bond acceptors (Lipinski definition) is 5. The number of carboxylic acid groups (broad SMARTS) is 1. The Morgan fingerprint density at radius 3 is 2.48 bits per heavy atom. The number of carboxylic acids is 1. The van der Waals surface area contributed by atoms with Gasteiger partial charge in [-0.1, -0.05) is 44.2 Å². The Morgan fingerprint density at radius 1 is 1.22 bits per heavy atom. The van der Waals surface area contributed by atoms with Gasteiger partial charge in [0.05, 0.1) is 13.2 Å². The maximum Gasteiger partial charge on any atom is 0.410 e. The lowest BCUT2D eigenvalue weighted by molar-refractivity contribution is -0.140. The van der Waals surface area contributed by atoms with Gasteiger partial charge in [-0.25, -0.2) is 4.79 Å². The van der Waals surface area contributed by atoms with Crippen LogP contribution in [0.3, 0.4) is 0 Å². The van der Waals surface area contributed by atoms with Crippen molar-refractivity contribution in [2.75, 3.05) is 32.8 Å². The molecule has 2 N–H and O–H groups in total. The fourth-order valence-corrected chi connectivity index (χ4v) is 3.01. The first-order valence-corrected chi connectivity index (χ1v) is 9.49. The summed E-state index contributed by atoms with van der Waals surface area (Å²) in [7, 11) is 0. The van der Waals surface area contributed by atoms with Crippen LogP contribution < -0.4 is 5.32 Å². The van der Waals surface area contributed by atoms with Crippen LogP contribution in [0.15, 0.2) is 30.3 Å². The summed E-state index contributed by atoms with van der Waals surface area (Å²) in [6.07, 6.45) is 0.219. The number of benzene rings is 1. The van der Waals surface area contributed by atoms with Crippen molar-refractivity contribution in [3.05, 3.63) is 35.9 Å². The molecule has 1 aromatic carbocycles. The summed E-state index contributed by atoms with van der Waals surface area (Å²) in [6.45, 7) is 6.28. The second-order valence-electron chi connectivity index (χ2n) is 7.22. The average Bonchev–Trinajstić information content (AvgIpc) is 2.66. The van der Waals surface area contributed by atoms with E-state index >= 15 is 0 Å². The fourth-order valence-electron chi connectivity index (χ4n) is 3.01. The highest BCUT2D eigenvalue weighted by molar-refractivity contribution is 5.73. The van der Waals surface area contributed by atoms with Gasteiger partial charge in [0.1, 0.15) is 12.1 Å². The molecule has 1 unspecified atom stereocenters. The summed E-state index contributed by atoms with van der Waals surface area (Å²) in [5.41, 5.74) is 1.04. The SMILES string of the molecule is CC(C)C[C@H](NCC(Cc1ccccc1)OC(=O)N1CCOCC1)C(=O)O. The molecule has 1 aliphatic rings. The summed E-state index contributed by atoms with van der Waals surface area (Å²) >= 11 is 0. The molecule has 1 aromatic rings. The number of nitrogens with zero attached hydrogens (tertiary/aromatic N) is 1. The maximum absolute atomic E-state index is 12.5. The summed E-state index contributed by atoms with van der Waals surface area (Å²) in [5, 5.41) is 12.5. The van der Waals surface area contributed by atoms with E-state index in [9.17, 15) is 14.7 Å². The quantitative estimate of drug-likeness (QED) is 0.685. The number of rotatable bonds is 9. The first-order chi connectivity index (χ1) is 13.0. The van der Waals surface area contributed by atoms with Gasteiger partial charge in [0, 0.05) is 26.1 Å². The van der Waals surface area contributed by atoms with Crippen molar-refractivity contribution in [2.24, 2.45) is 5.92 Å². The molecule has 1 heterocycles. The highest BCUT2D eigenvalue weighted by Crippen LogP contribution is 2.11. The molecule has 0 radical (unpaired) electrons. The molecule has 2 atom stereocenters. The minimum absolute atomic E-state index is 0.252. The van der Waals surface area contributed by atoms with Crippen molar-refractivity contribution < 1.29 is 24.2 Å². The third kappa shape index (κ3) is 7.56. The Balaban J connectivity index is 1.99. The molecule has 0 spiro atoms. The van der Waals surface area contributed by atoms with Crippen molar-refractivity contribution in [3.63, 3.8) is 0 Å². The molecule has 1 fully saturated rings. The van der Waals surface area contributed by atoms with Crippen LogP contribution in [0.2, 0.25) is 0 Å². The van der Waals surface area contributed by atoms with Gasteiger partial charge in [-0.3, -0.25) is 4.79 Å². The Morgan fingerprint density at radius 2 is 1.89 bits per heavy atom. The maximum atomic E-state index is 12.5. The zero-order chi connectivity index (χ0) is 19.6. The van der Waals surface area contributed by atoms with Gasteiger partial charge >= 0.3 is 12.1 Å². The third-order valence-electron chi connectivity index (χ3n) is 4.44. The van der Waals surface area contributed by atoms with E-state index in [0.29, 0.717) is 39.1 Å². The van der Waals surface area contributed by atoms with Crippen molar-refractivity contribution in [2.45, 2.75) is 38.8 Å². The van der Waals surface area contributed by atoms with Crippen LogP contribution in [-0.4, -0.2) is 67.1 Å². The molecule has 0 aliphatic carbocycles. The zero-order valence-electron chi connectivity index (χ0n) is 16.1. The van der Waals surface area contributed by atoms with Gasteiger partial charge in [-0.2, -0.15) is 0 Å². The highest BCUT2D eigenvalue weighted by Gasteiger charge is 2.25. The van der Waals surface area contributed by atoms with Crippen LogP contribution in [0.1, 0.15) is 25.8 Å². The molecule has 1 saturated heterocycles. The smallest absolute Gasteiger partial charge is 0.410 e. The molecule has 27 heavy (non-hydrogen) atoms. The van der Waals surface area contributed by atoms with Crippen LogP contribution in [0.4, 0.5) is 4.79 Å². The van der Waals surface area contributed by atoms with Gasteiger partial charge in [-0.15, -0.1) is 0 Å². The molecular weight excluding hydrogens is 348 g/mol. The second-order valence-corrected chi connectivity index (χ2v) is 7.22. The average molecular weight is 378 g/mol. The number of amides is 1. The van der Waals surface area contributed by atoms with Crippen molar-refractivity contribution in [3.8, 4) is 0 Å². The number of hydrogen-bond donors (Lipinski definition) is 2. The second kappa shape index (κ2) is 10.9.